The summed E-state index contributed by atoms with van der Waals surface area (Å²) in [6, 6.07) is 10.9. The van der Waals surface area contributed by atoms with Crippen LogP contribution in [0.1, 0.15) is 69.8 Å². The molecule has 0 spiro atoms. The molecule has 0 nitrogen and oxygen atoms in total. The summed E-state index contributed by atoms with van der Waals surface area (Å²) in [5.74, 6) is 1.14. The highest BCUT2D eigenvalue weighted by molar-refractivity contribution is 8.72. The normalized spacial score (nSPS) is 21.0. The molecule has 2 saturated carbocycles. The summed E-state index contributed by atoms with van der Waals surface area (Å²) in [7, 11) is 0. The van der Waals surface area contributed by atoms with Gasteiger partial charge in [0.25, 0.3) is 0 Å². The molecule has 0 radical (unpaired) electrons. The van der Waals surface area contributed by atoms with E-state index < -0.39 is 5.24 Å². The van der Waals surface area contributed by atoms with E-state index in [0.29, 0.717) is 0 Å². The van der Waals surface area contributed by atoms with Crippen LogP contribution in [0.25, 0.3) is 0 Å². The number of hydrogen-bond acceptors (Lipinski definition) is 3. The maximum Gasteiger partial charge on any atom is 0.0444 e. The molecule has 0 N–H and O–H groups in total. The van der Waals surface area contributed by atoms with Gasteiger partial charge in [0.15, 0.2) is 0 Å². The quantitative estimate of drug-likeness (QED) is 0.263. The van der Waals surface area contributed by atoms with Crippen molar-refractivity contribution in [2.45, 2.75) is 81.3 Å². The van der Waals surface area contributed by atoms with E-state index in [0.717, 1.165) is 17.1 Å². The molecule has 0 amide bonds. The van der Waals surface area contributed by atoms with Gasteiger partial charge in [0.1, 0.15) is 0 Å². The summed E-state index contributed by atoms with van der Waals surface area (Å²) in [4.78, 5) is 0. The fourth-order valence-electron chi connectivity index (χ4n) is 4.24. The van der Waals surface area contributed by atoms with Gasteiger partial charge in [-0.3, -0.25) is 0 Å². The summed E-state index contributed by atoms with van der Waals surface area (Å²) in [5, 5.41) is -0.0548. The van der Waals surface area contributed by atoms with Crippen LogP contribution >= 0.6 is 28.4 Å². The van der Waals surface area contributed by atoms with Gasteiger partial charge in [0.2, 0.25) is 0 Å². The average Bonchev–Trinajstić information content (AvgIpc) is 2.67. The number of hydrogen-bond donors (Lipinski definition) is 0. The zero-order valence-corrected chi connectivity index (χ0v) is 18.0. The van der Waals surface area contributed by atoms with Gasteiger partial charge >= 0.3 is 0 Å². The summed E-state index contributed by atoms with van der Waals surface area (Å²) >= 11 is 10.9. The lowest BCUT2D eigenvalue weighted by Crippen LogP contribution is -2.21. The van der Waals surface area contributed by atoms with Crippen molar-refractivity contribution in [2.75, 3.05) is 5.08 Å². The van der Waals surface area contributed by atoms with Crippen molar-refractivity contribution >= 4 is 40.2 Å². The zero-order valence-electron chi connectivity index (χ0n) is 14.7. The van der Waals surface area contributed by atoms with Crippen LogP contribution in [0.2, 0.25) is 0 Å². The lowest BCUT2D eigenvalue weighted by molar-refractivity contribution is 0.488. The Morgan fingerprint density at radius 2 is 1.38 bits per heavy atom. The molecule has 0 bridgehead atoms. The predicted octanol–water partition coefficient (Wildman–Crippen LogP) is 7.67. The third-order valence-corrected chi connectivity index (χ3v) is 17.4. The fourth-order valence-corrected chi connectivity index (χ4v) is 16.3. The van der Waals surface area contributed by atoms with Crippen LogP contribution < -0.4 is 0 Å². The first kappa shape index (κ1) is 19.3. The van der Waals surface area contributed by atoms with E-state index in [1.165, 1.54) is 74.9 Å². The highest BCUT2D eigenvalue weighted by atomic mass is 32.9. The van der Waals surface area contributed by atoms with Gasteiger partial charge in [-0.25, -0.2) is 0 Å². The van der Waals surface area contributed by atoms with E-state index in [9.17, 15) is 0 Å². The lowest BCUT2D eigenvalue weighted by Gasteiger charge is -2.40. The molecule has 1 aromatic carbocycles. The predicted molar refractivity (Wildman–Crippen MR) is 118 cm³/mol. The average molecular weight is 399 g/mol. The van der Waals surface area contributed by atoms with Crippen molar-refractivity contribution < 1.29 is 0 Å². The monoisotopic (exact) mass is 398 g/mol. The SMILES string of the molecule is S=P(SCSCc1ccccc1)(C1CCCCC1)C1CCCCC1. The molecule has 1 aromatic rings. The highest BCUT2D eigenvalue weighted by Gasteiger charge is 2.37. The second-order valence-electron chi connectivity index (χ2n) is 7.31. The van der Waals surface area contributed by atoms with Crippen LogP contribution in [0.4, 0.5) is 0 Å². The van der Waals surface area contributed by atoms with Gasteiger partial charge in [-0.05, 0) is 42.6 Å². The second-order valence-corrected chi connectivity index (χ2v) is 17.1. The highest BCUT2D eigenvalue weighted by Crippen LogP contribution is 2.72. The first-order valence-electron chi connectivity index (χ1n) is 9.64. The van der Waals surface area contributed by atoms with Crippen molar-refractivity contribution in [3.05, 3.63) is 35.9 Å². The molecule has 0 saturated heterocycles. The van der Waals surface area contributed by atoms with Crippen molar-refractivity contribution in [3.8, 4) is 0 Å². The van der Waals surface area contributed by atoms with E-state index in [4.69, 9.17) is 11.8 Å². The summed E-state index contributed by atoms with van der Waals surface area (Å²) in [6.07, 6.45) is 14.4. The molecular weight excluding hydrogens is 367 g/mol. The minimum Gasteiger partial charge on any atom is -0.146 e. The summed E-state index contributed by atoms with van der Waals surface area (Å²) in [6.45, 7) is 0. The van der Waals surface area contributed by atoms with Gasteiger partial charge in [0.05, 0.1) is 0 Å². The molecule has 2 fully saturated rings. The molecule has 0 unspecified atom stereocenters. The van der Waals surface area contributed by atoms with Crippen LogP contribution in [0, 0.1) is 0 Å². The van der Waals surface area contributed by atoms with Crippen molar-refractivity contribution in [2.24, 2.45) is 0 Å². The van der Waals surface area contributed by atoms with Crippen LogP contribution in [-0.2, 0) is 17.6 Å². The summed E-state index contributed by atoms with van der Waals surface area (Å²) < 4.78 is 0. The third kappa shape index (κ3) is 5.29. The largest absolute Gasteiger partial charge is 0.146 e. The molecule has 2 aliphatic carbocycles. The molecule has 4 heteroatoms. The standard InChI is InChI=1S/C20H31PS3/c22-21(19-12-6-2-7-13-19,20-14-8-3-9-15-20)24-17-23-16-18-10-4-1-5-11-18/h1,4-5,10-11,19-20H,2-3,6-9,12-17H2. The van der Waals surface area contributed by atoms with Gasteiger partial charge in [-0.1, -0.05) is 80.7 Å². The molecule has 0 aliphatic heterocycles. The van der Waals surface area contributed by atoms with Crippen LogP contribution in [0.3, 0.4) is 0 Å². The second kappa shape index (κ2) is 10.0. The Kier molecular flexibility index (Phi) is 8.09. The van der Waals surface area contributed by atoms with E-state index in [1.807, 2.05) is 0 Å². The number of rotatable bonds is 7. The Labute approximate surface area is 162 Å². The first-order chi connectivity index (χ1) is 11.8. The van der Waals surface area contributed by atoms with E-state index in [2.05, 4.69) is 53.5 Å². The molecule has 0 heterocycles. The molecule has 3 rings (SSSR count). The molecule has 24 heavy (non-hydrogen) atoms. The van der Waals surface area contributed by atoms with Crippen molar-refractivity contribution in [1.82, 2.24) is 0 Å². The molecule has 2 aliphatic rings. The summed E-state index contributed by atoms with van der Waals surface area (Å²) in [5.41, 5.74) is 3.24. The van der Waals surface area contributed by atoms with Crippen LogP contribution in [-0.4, -0.2) is 16.4 Å². The Morgan fingerprint density at radius 3 is 1.92 bits per heavy atom. The Balaban J connectivity index is 1.57. The third-order valence-electron chi connectivity index (χ3n) is 5.62. The van der Waals surface area contributed by atoms with Gasteiger partial charge < -0.3 is 0 Å². The Morgan fingerprint density at radius 1 is 0.833 bits per heavy atom. The molecule has 134 valence electrons. The fraction of sp³-hybridized carbons (Fsp3) is 0.700. The Hall–Kier alpha value is 0.570. The first-order valence-corrected chi connectivity index (χ1v) is 15.3. The minimum absolute atomic E-state index is 0.895. The smallest absolute Gasteiger partial charge is 0.0444 e. The molecular formula is C20H31PS3. The lowest BCUT2D eigenvalue weighted by atomic mass is 10.00. The Bertz CT molecular complexity index is 497. The van der Waals surface area contributed by atoms with E-state index in [-0.39, 0.29) is 0 Å². The van der Waals surface area contributed by atoms with Gasteiger partial charge in [-0.15, -0.1) is 23.1 Å². The number of benzene rings is 1. The number of thioether (sulfide) groups is 1. The molecule has 0 aromatic heterocycles. The van der Waals surface area contributed by atoms with Crippen LogP contribution in [0.15, 0.2) is 30.3 Å². The van der Waals surface area contributed by atoms with Crippen molar-refractivity contribution in [1.29, 1.82) is 0 Å². The van der Waals surface area contributed by atoms with Gasteiger partial charge in [-0.2, -0.15) is 0 Å². The maximum atomic E-state index is 6.53. The maximum absolute atomic E-state index is 6.53. The van der Waals surface area contributed by atoms with Gasteiger partial charge in [0, 0.05) is 16.1 Å². The van der Waals surface area contributed by atoms with E-state index in [1.54, 1.807) is 0 Å². The topological polar surface area (TPSA) is 0 Å². The zero-order chi connectivity index (χ0) is 16.7. The van der Waals surface area contributed by atoms with Crippen molar-refractivity contribution in [3.63, 3.8) is 0 Å². The van der Waals surface area contributed by atoms with E-state index >= 15 is 0 Å². The van der Waals surface area contributed by atoms with Crippen LogP contribution in [0.5, 0.6) is 0 Å². The molecule has 0 atom stereocenters. The minimum atomic E-state index is -1.26.